The minimum absolute atomic E-state index is 0.211. The van der Waals surface area contributed by atoms with E-state index >= 15 is 0 Å². The number of hydrogen-bond acceptors (Lipinski definition) is 2. The second-order valence-electron chi connectivity index (χ2n) is 6.28. The molecule has 0 aromatic heterocycles. The van der Waals surface area contributed by atoms with Gasteiger partial charge in [-0.3, -0.25) is 4.79 Å². The Kier molecular flexibility index (Phi) is 7.40. The first kappa shape index (κ1) is 18.1. The number of carbonyl (C=O) groups is 1. The molecule has 3 nitrogen and oxygen atoms in total. The summed E-state index contributed by atoms with van der Waals surface area (Å²) in [6.45, 7) is 0.496. The highest BCUT2D eigenvalue weighted by Gasteiger charge is 2.17. The van der Waals surface area contributed by atoms with Crippen molar-refractivity contribution in [3.05, 3.63) is 35.4 Å². The van der Waals surface area contributed by atoms with E-state index < -0.39 is 6.04 Å². The number of carbonyl (C=O) groups excluding carboxylic acids is 1. The van der Waals surface area contributed by atoms with E-state index in [0.29, 0.717) is 18.9 Å². The van der Waals surface area contributed by atoms with Gasteiger partial charge in [-0.2, -0.15) is 0 Å². The quantitative estimate of drug-likeness (QED) is 0.647. The van der Waals surface area contributed by atoms with Crippen LogP contribution in [0.3, 0.4) is 0 Å². The van der Waals surface area contributed by atoms with Gasteiger partial charge in [-0.25, -0.2) is 0 Å². The zero-order valence-corrected chi connectivity index (χ0v) is 14.2. The van der Waals surface area contributed by atoms with Gasteiger partial charge in [0, 0.05) is 24.9 Å². The van der Waals surface area contributed by atoms with Gasteiger partial charge in [0.25, 0.3) is 0 Å². The predicted octanol–water partition coefficient (Wildman–Crippen LogP) is 2.94. The third-order valence-electron chi connectivity index (χ3n) is 4.45. The van der Waals surface area contributed by atoms with Crippen molar-refractivity contribution >= 4 is 5.91 Å². The van der Waals surface area contributed by atoms with E-state index in [2.05, 4.69) is 41.3 Å². The Balaban J connectivity index is 1.87. The zero-order valence-electron chi connectivity index (χ0n) is 14.2. The van der Waals surface area contributed by atoms with Crippen molar-refractivity contribution < 1.29 is 4.79 Å². The molecule has 24 heavy (non-hydrogen) atoms. The monoisotopic (exact) mass is 322 g/mol. The van der Waals surface area contributed by atoms with Gasteiger partial charge in [-0.1, -0.05) is 49.3 Å². The lowest BCUT2D eigenvalue weighted by atomic mass is 9.82. The molecule has 0 bridgehead atoms. The molecule has 126 valence electrons. The molecular formula is C21H26N2O. The smallest absolute Gasteiger partial charge is 0.237 e. The number of hydrogen-bond donors (Lipinski definition) is 2. The molecular weight excluding hydrogens is 296 g/mol. The second-order valence-corrected chi connectivity index (χ2v) is 6.28. The summed E-state index contributed by atoms with van der Waals surface area (Å²) in [6.07, 6.45) is 12.5. The first-order chi connectivity index (χ1) is 11.7. The molecule has 1 amide bonds. The van der Waals surface area contributed by atoms with E-state index in [-0.39, 0.29) is 12.3 Å². The SMILES string of the molecule is C#CC[C@H](N)C(=O)NCCC#Cc1ccccc1C1CCCCC1. The average Bonchev–Trinajstić information content (AvgIpc) is 2.62. The molecule has 0 saturated heterocycles. The molecule has 3 N–H and O–H groups in total. The largest absolute Gasteiger partial charge is 0.354 e. The number of nitrogens with one attached hydrogen (secondary N) is 1. The van der Waals surface area contributed by atoms with E-state index in [1.165, 1.54) is 37.7 Å². The first-order valence-corrected chi connectivity index (χ1v) is 8.77. The molecule has 1 aromatic carbocycles. The molecule has 1 aliphatic rings. The highest BCUT2D eigenvalue weighted by atomic mass is 16.2. The summed E-state index contributed by atoms with van der Waals surface area (Å²) >= 11 is 0. The number of benzene rings is 1. The Morgan fingerprint density at radius 1 is 1.29 bits per heavy atom. The molecule has 0 aliphatic heterocycles. The first-order valence-electron chi connectivity index (χ1n) is 8.77. The number of amides is 1. The van der Waals surface area contributed by atoms with Crippen LogP contribution in [0.4, 0.5) is 0 Å². The van der Waals surface area contributed by atoms with Crippen molar-refractivity contribution in [1.29, 1.82) is 0 Å². The van der Waals surface area contributed by atoms with Crippen molar-refractivity contribution in [2.45, 2.75) is 56.9 Å². The van der Waals surface area contributed by atoms with Gasteiger partial charge in [0.2, 0.25) is 5.91 Å². The minimum Gasteiger partial charge on any atom is -0.354 e. The summed E-state index contributed by atoms with van der Waals surface area (Å²) in [5, 5.41) is 2.77. The molecule has 1 aromatic rings. The maximum absolute atomic E-state index is 11.6. The van der Waals surface area contributed by atoms with Gasteiger partial charge in [-0.15, -0.1) is 12.3 Å². The highest BCUT2D eigenvalue weighted by Crippen LogP contribution is 2.34. The third-order valence-corrected chi connectivity index (χ3v) is 4.45. The fraction of sp³-hybridized carbons (Fsp3) is 0.476. The summed E-state index contributed by atoms with van der Waals surface area (Å²) in [4.78, 5) is 11.6. The van der Waals surface area contributed by atoms with Crippen LogP contribution in [0.2, 0.25) is 0 Å². The normalized spacial score (nSPS) is 15.7. The molecule has 2 rings (SSSR count). The van der Waals surface area contributed by atoms with E-state index in [0.717, 1.165) is 5.56 Å². The number of nitrogens with two attached hydrogens (primary N) is 1. The Labute approximate surface area is 145 Å². The highest BCUT2D eigenvalue weighted by molar-refractivity contribution is 5.81. The molecule has 1 aliphatic carbocycles. The van der Waals surface area contributed by atoms with Crippen LogP contribution >= 0.6 is 0 Å². The van der Waals surface area contributed by atoms with Crippen LogP contribution in [0.5, 0.6) is 0 Å². The van der Waals surface area contributed by atoms with Crippen LogP contribution < -0.4 is 11.1 Å². The van der Waals surface area contributed by atoms with Gasteiger partial charge in [-0.05, 0) is 30.4 Å². The summed E-state index contributed by atoms with van der Waals surface area (Å²) in [7, 11) is 0. The maximum atomic E-state index is 11.6. The number of rotatable bonds is 5. The molecule has 0 heterocycles. The summed E-state index contributed by atoms with van der Waals surface area (Å²) in [6, 6.07) is 7.81. The Bertz CT molecular complexity index is 642. The minimum atomic E-state index is -0.630. The lowest BCUT2D eigenvalue weighted by molar-refractivity contribution is -0.122. The standard InChI is InChI=1S/C21H26N2O/c1-2-10-20(22)21(24)23-16-9-8-14-18-13-6-7-15-19(18)17-11-4-3-5-12-17/h1,6-7,13,15,17,20H,3-5,9-12,16,22H2,(H,23,24)/t20-/m0/s1. The van der Waals surface area contributed by atoms with E-state index in [1.54, 1.807) is 0 Å². The maximum Gasteiger partial charge on any atom is 0.237 e. The summed E-state index contributed by atoms with van der Waals surface area (Å²) in [5.74, 6) is 9.26. The molecule has 1 atom stereocenters. The van der Waals surface area contributed by atoms with Crippen molar-refractivity contribution in [3.8, 4) is 24.2 Å². The lowest BCUT2D eigenvalue weighted by Gasteiger charge is -2.23. The molecule has 3 heteroatoms. The van der Waals surface area contributed by atoms with Gasteiger partial charge in [0.1, 0.15) is 0 Å². The van der Waals surface area contributed by atoms with Crippen LogP contribution in [-0.4, -0.2) is 18.5 Å². The van der Waals surface area contributed by atoms with Crippen molar-refractivity contribution in [2.75, 3.05) is 6.54 Å². The lowest BCUT2D eigenvalue weighted by Crippen LogP contribution is -2.40. The van der Waals surface area contributed by atoms with Crippen molar-refractivity contribution in [2.24, 2.45) is 5.73 Å². The Morgan fingerprint density at radius 2 is 2.04 bits per heavy atom. The van der Waals surface area contributed by atoms with Gasteiger partial charge < -0.3 is 11.1 Å². The van der Waals surface area contributed by atoms with E-state index in [9.17, 15) is 4.79 Å². The van der Waals surface area contributed by atoms with E-state index in [1.807, 2.05) is 6.07 Å². The molecule has 0 unspecified atom stereocenters. The molecule has 1 fully saturated rings. The van der Waals surface area contributed by atoms with Crippen molar-refractivity contribution in [3.63, 3.8) is 0 Å². The molecule has 0 radical (unpaired) electrons. The predicted molar refractivity (Wildman–Crippen MR) is 98.2 cm³/mol. The van der Waals surface area contributed by atoms with Crippen molar-refractivity contribution in [1.82, 2.24) is 5.32 Å². The summed E-state index contributed by atoms with van der Waals surface area (Å²) < 4.78 is 0. The average molecular weight is 322 g/mol. The Hall–Kier alpha value is -2.23. The van der Waals surface area contributed by atoms with Crippen LogP contribution in [0.1, 0.15) is 62.0 Å². The van der Waals surface area contributed by atoms with Gasteiger partial charge in [0.15, 0.2) is 0 Å². The van der Waals surface area contributed by atoms with Crippen LogP contribution in [0.15, 0.2) is 24.3 Å². The van der Waals surface area contributed by atoms with Gasteiger partial charge >= 0.3 is 0 Å². The number of terminal acetylenes is 1. The molecule has 1 saturated carbocycles. The summed E-state index contributed by atoms with van der Waals surface area (Å²) in [5.41, 5.74) is 8.15. The fourth-order valence-electron chi connectivity index (χ4n) is 3.14. The van der Waals surface area contributed by atoms with Crippen LogP contribution in [-0.2, 0) is 4.79 Å². The van der Waals surface area contributed by atoms with Gasteiger partial charge in [0.05, 0.1) is 6.04 Å². The van der Waals surface area contributed by atoms with Crippen LogP contribution in [0, 0.1) is 24.2 Å². The zero-order chi connectivity index (χ0) is 17.2. The Morgan fingerprint density at radius 3 is 2.79 bits per heavy atom. The fourth-order valence-corrected chi connectivity index (χ4v) is 3.14. The molecule has 0 spiro atoms. The topological polar surface area (TPSA) is 55.1 Å². The van der Waals surface area contributed by atoms with Crippen LogP contribution in [0.25, 0.3) is 0 Å². The third kappa shape index (κ3) is 5.44. The second kappa shape index (κ2) is 9.81. The van der Waals surface area contributed by atoms with E-state index in [4.69, 9.17) is 12.2 Å².